The number of unbranched alkanes of at least 4 members (excludes halogenated alkanes) is 23. The molecule has 1 amide bonds. The molecular weight excluding hydrogens is 719 g/mol. The molecule has 0 spiro atoms. The SMILES string of the molecule is CCCCC/C=C\C/C=C\C/C=C\CCCCCCCCC(=O)NC(COP(=O)([O-])OCC[N+](C)(C)C)C(O)CCCCCCCCCCCCCCCCC. The van der Waals surface area contributed by atoms with Crippen LogP contribution in [0.5, 0.6) is 0 Å². The second-order valence-corrected chi connectivity index (χ2v) is 18.5. The molecule has 0 fully saturated rings. The Morgan fingerprint density at radius 3 is 1.54 bits per heavy atom. The lowest BCUT2D eigenvalue weighted by Gasteiger charge is -2.30. The molecule has 56 heavy (non-hydrogen) atoms. The van der Waals surface area contributed by atoms with Crippen LogP contribution in [0.1, 0.15) is 206 Å². The number of phosphoric ester groups is 1. The normalized spacial score (nSPS) is 14.6. The lowest BCUT2D eigenvalue weighted by Crippen LogP contribution is -2.46. The molecule has 0 bridgehead atoms. The maximum absolute atomic E-state index is 12.9. The van der Waals surface area contributed by atoms with Crippen molar-refractivity contribution in [2.45, 2.75) is 219 Å². The van der Waals surface area contributed by atoms with Gasteiger partial charge in [-0.1, -0.05) is 185 Å². The first-order chi connectivity index (χ1) is 27.0. The molecule has 8 nitrogen and oxygen atoms in total. The summed E-state index contributed by atoms with van der Waals surface area (Å²) in [5.74, 6) is -0.178. The number of amides is 1. The van der Waals surface area contributed by atoms with Crippen LogP contribution in [0.2, 0.25) is 0 Å². The van der Waals surface area contributed by atoms with E-state index in [9.17, 15) is 19.4 Å². The predicted molar refractivity (Wildman–Crippen MR) is 238 cm³/mol. The van der Waals surface area contributed by atoms with Crippen molar-refractivity contribution in [2.24, 2.45) is 0 Å². The van der Waals surface area contributed by atoms with Crippen molar-refractivity contribution in [3.63, 3.8) is 0 Å². The molecule has 0 saturated carbocycles. The number of phosphoric acid groups is 1. The summed E-state index contributed by atoms with van der Waals surface area (Å²) < 4.78 is 23.3. The predicted octanol–water partition coefficient (Wildman–Crippen LogP) is 12.5. The van der Waals surface area contributed by atoms with E-state index < -0.39 is 20.0 Å². The number of allylic oxidation sites excluding steroid dienone is 6. The maximum atomic E-state index is 12.9. The number of hydrogen-bond donors (Lipinski definition) is 2. The second-order valence-electron chi connectivity index (χ2n) is 17.1. The highest BCUT2D eigenvalue weighted by molar-refractivity contribution is 7.45. The number of aliphatic hydroxyl groups is 1. The number of carbonyl (C=O) groups is 1. The zero-order valence-corrected chi connectivity index (χ0v) is 38.2. The Balaban J connectivity index is 4.36. The zero-order chi connectivity index (χ0) is 41.4. The van der Waals surface area contributed by atoms with Crippen LogP contribution in [0.4, 0.5) is 0 Å². The molecular formula is C47H91N2O6P. The molecule has 330 valence electrons. The number of quaternary nitrogens is 1. The Kier molecular flexibility index (Phi) is 38.3. The van der Waals surface area contributed by atoms with E-state index in [4.69, 9.17) is 9.05 Å². The van der Waals surface area contributed by atoms with Gasteiger partial charge in [-0.2, -0.15) is 0 Å². The van der Waals surface area contributed by atoms with Gasteiger partial charge in [0.05, 0.1) is 39.9 Å². The highest BCUT2D eigenvalue weighted by Crippen LogP contribution is 2.38. The lowest BCUT2D eigenvalue weighted by molar-refractivity contribution is -0.870. The maximum Gasteiger partial charge on any atom is 0.268 e. The minimum absolute atomic E-state index is 0.00878. The van der Waals surface area contributed by atoms with Gasteiger partial charge in [0.1, 0.15) is 13.2 Å². The first-order valence-electron chi connectivity index (χ1n) is 23.3. The van der Waals surface area contributed by atoms with Gasteiger partial charge in [0.25, 0.3) is 7.82 Å². The Morgan fingerprint density at radius 1 is 0.625 bits per heavy atom. The largest absolute Gasteiger partial charge is 0.756 e. The van der Waals surface area contributed by atoms with E-state index in [0.29, 0.717) is 23.9 Å². The van der Waals surface area contributed by atoms with Crippen LogP contribution in [-0.2, 0) is 18.4 Å². The van der Waals surface area contributed by atoms with Gasteiger partial charge in [0, 0.05) is 6.42 Å². The standard InChI is InChI=1S/C47H91N2O6P/c1-6-8-10-12-14-16-18-20-22-23-24-25-27-29-31-33-35-37-39-41-47(51)48-45(44-55-56(52,53)54-43-42-49(3,4)5)46(50)40-38-36-34-32-30-28-26-21-19-17-15-13-11-9-7-2/h14,16,20,22,24-25,45-46,50H,6-13,15,17-19,21,23,26-44H2,1-5H3,(H-,48,51,52,53)/b16-14-,22-20-,25-24-. The van der Waals surface area contributed by atoms with Crippen LogP contribution in [-0.4, -0.2) is 68.5 Å². The number of carbonyl (C=O) groups excluding carboxylic acids is 1. The van der Waals surface area contributed by atoms with Crippen molar-refractivity contribution in [2.75, 3.05) is 40.9 Å². The van der Waals surface area contributed by atoms with Crippen molar-refractivity contribution in [3.05, 3.63) is 36.5 Å². The molecule has 3 atom stereocenters. The molecule has 0 heterocycles. The van der Waals surface area contributed by atoms with Crippen molar-refractivity contribution in [1.82, 2.24) is 5.32 Å². The van der Waals surface area contributed by atoms with Crippen molar-refractivity contribution in [1.29, 1.82) is 0 Å². The molecule has 0 aromatic carbocycles. The first-order valence-corrected chi connectivity index (χ1v) is 24.8. The van der Waals surface area contributed by atoms with E-state index in [1.165, 1.54) is 116 Å². The van der Waals surface area contributed by atoms with Crippen LogP contribution >= 0.6 is 7.82 Å². The Bertz CT molecular complexity index is 1010. The van der Waals surface area contributed by atoms with E-state index in [1.54, 1.807) is 0 Å². The molecule has 9 heteroatoms. The third-order valence-electron chi connectivity index (χ3n) is 10.4. The van der Waals surface area contributed by atoms with Gasteiger partial charge in [-0.05, 0) is 51.4 Å². The number of aliphatic hydroxyl groups excluding tert-OH is 1. The third kappa shape index (κ3) is 40.9. The summed E-state index contributed by atoms with van der Waals surface area (Å²) in [5, 5.41) is 13.9. The van der Waals surface area contributed by atoms with E-state index >= 15 is 0 Å². The van der Waals surface area contributed by atoms with Gasteiger partial charge in [-0.15, -0.1) is 0 Å². The summed E-state index contributed by atoms with van der Waals surface area (Å²) in [6.45, 7) is 4.68. The molecule has 0 aromatic rings. The summed E-state index contributed by atoms with van der Waals surface area (Å²) in [4.78, 5) is 25.4. The molecule has 0 rings (SSSR count). The number of nitrogens with one attached hydrogen (secondary N) is 1. The Morgan fingerprint density at radius 2 is 1.04 bits per heavy atom. The molecule has 0 aromatic heterocycles. The monoisotopic (exact) mass is 811 g/mol. The molecule has 0 radical (unpaired) electrons. The van der Waals surface area contributed by atoms with E-state index in [0.717, 1.165) is 64.2 Å². The van der Waals surface area contributed by atoms with Crippen molar-refractivity contribution < 1.29 is 32.9 Å². The first kappa shape index (κ1) is 54.7. The van der Waals surface area contributed by atoms with Gasteiger partial charge in [0.15, 0.2) is 0 Å². The lowest BCUT2D eigenvalue weighted by atomic mass is 10.0. The van der Waals surface area contributed by atoms with Crippen LogP contribution < -0.4 is 10.2 Å². The van der Waals surface area contributed by atoms with Crippen LogP contribution in [0.3, 0.4) is 0 Å². The summed E-state index contributed by atoms with van der Waals surface area (Å²) in [6, 6.07) is -0.806. The van der Waals surface area contributed by atoms with Gasteiger partial charge in [-0.3, -0.25) is 9.36 Å². The van der Waals surface area contributed by atoms with Crippen molar-refractivity contribution in [3.8, 4) is 0 Å². The van der Waals surface area contributed by atoms with Gasteiger partial charge >= 0.3 is 0 Å². The minimum Gasteiger partial charge on any atom is -0.756 e. The molecule has 0 aliphatic heterocycles. The number of nitrogens with zero attached hydrogens (tertiary/aromatic N) is 1. The summed E-state index contributed by atoms with van der Waals surface area (Å²) >= 11 is 0. The smallest absolute Gasteiger partial charge is 0.268 e. The fraction of sp³-hybridized carbons (Fsp3) is 0.851. The molecule has 2 N–H and O–H groups in total. The second kappa shape index (κ2) is 39.2. The Hall–Kier alpha value is -1.28. The highest BCUT2D eigenvalue weighted by Gasteiger charge is 2.24. The van der Waals surface area contributed by atoms with E-state index in [-0.39, 0.29) is 19.1 Å². The van der Waals surface area contributed by atoms with Gasteiger partial charge in [0.2, 0.25) is 5.91 Å². The fourth-order valence-corrected chi connectivity index (χ4v) is 7.36. The van der Waals surface area contributed by atoms with Crippen molar-refractivity contribution >= 4 is 13.7 Å². The summed E-state index contributed by atoms with van der Waals surface area (Å²) in [5.41, 5.74) is 0. The molecule has 0 aliphatic carbocycles. The number of hydrogen-bond acceptors (Lipinski definition) is 6. The number of rotatable bonds is 42. The zero-order valence-electron chi connectivity index (χ0n) is 37.3. The van der Waals surface area contributed by atoms with E-state index in [2.05, 4.69) is 55.6 Å². The number of likely N-dealkylation sites (N-methyl/N-ethyl adjacent to an activating group) is 1. The molecule has 3 unspecified atom stereocenters. The Labute approximate surface area is 347 Å². The summed E-state index contributed by atoms with van der Waals surface area (Å²) in [6.07, 6.45) is 47.1. The average molecular weight is 811 g/mol. The highest BCUT2D eigenvalue weighted by atomic mass is 31.2. The quantitative estimate of drug-likeness (QED) is 0.0275. The van der Waals surface area contributed by atoms with E-state index in [1.807, 2.05) is 21.1 Å². The third-order valence-corrected chi connectivity index (χ3v) is 11.3. The summed E-state index contributed by atoms with van der Waals surface area (Å²) in [7, 11) is 1.29. The van der Waals surface area contributed by atoms with Crippen LogP contribution in [0.15, 0.2) is 36.5 Å². The average Bonchev–Trinajstić information content (AvgIpc) is 3.15. The molecule has 0 saturated heterocycles. The van der Waals surface area contributed by atoms with Crippen LogP contribution in [0.25, 0.3) is 0 Å². The topological polar surface area (TPSA) is 108 Å². The molecule has 0 aliphatic rings. The fourth-order valence-electron chi connectivity index (χ4n) is 6.63. The van der Waals surface area contributed by atoms with Gasteiger partial charge in [-0.25, -0.2) is 0 Å². The minimum atomic E-state index is -4.57. The van der Waals surface area contributed by atoms with Gasteiger partial charge < -0.3 is 28.8 Å². The van der Waals surface area contributed by atoms with Crippen LogP contribution in [0, 0.1) is 0 Å².